The van der Waals surface area contributed by atoms with Crippen molar-refractivity contribution in [2.45, 2.75) is 25.7 Å². The molecule has 0 atom stereocenters. The average molecular weight is 343 g/mol. The van der Waals surface area contributed by atoms with Gasteiger partial charge in [0.2, 0.25) is 11.8 Å². The Labute approximate surface area is 145 Å². The van der Waals surface area contributed by atoms with Crippen molar-refractivity contribution < 1.29 is 14.1 Å². The van der Waals surface area contributed by atoms with Crippen LogP contribution < -0.4 is 9.64 Å². The lowest BCUT2D eigenvalue weighted by atomic mass is 9.96. The predicted molar refractivity (Wildman–Crippen MR) is 89.8 cm³/mol. The van der Waals surface area contributed by atoms with Gasteiger partial charge in [0, 0.05) is 50.4 Å². The SMILES string of the molecule is COc1ccnc(N2CCN(C(=O)c3noc4c3CCCC4)CC2)n1. The molecule has 2 aromatic heterocycles. The van der Waals surface area contributed by atoms with E-state index in [0.29, 0.717) is 43.7 Å². The van der Waals surface area contributed by atoms with Gasteiger partial charge < -0.3 is 19.1 Å². The number of aromatic nitrogens is 3. The van der Waals surface area contributed by atoms with Gasteiger partial charge in [0.25, 0.3) is 5.91 Å². The van der Waals surface area contributed by atoms with Gasteiger partial charge in [-0.2, -0.15) is 4.98 Å². The molecule has 2 aliphatic rings. The lowest BCUT2D eigenvalue weighted by molar-refractivity contribution is 0.0734. The third-order valence-corrected chi connectivity index (χ3v) is 4.83. The standard InChI is InChI=1S/C17H21N5O3/c1-24-14-6-7-18-17(19-14)22-10-8-21(9-11-22)16(23)15-12-4-2-3-5-13(12)25-20-15/h6-7H,2-5,8-11H2,1H3. The Kier molecular flexibility index (Phi) is 4.25. The van der Waals surface area contributed by atoms with E-state index in [1.807, 2.05) is 4.90 Å². The zero-order valence-corrected chi connectivity index (χ0v) is 14.3. The van der Waals surface area contributed by atoms with Crippen molar-refractivity contribution in [3.05, 3.63) is 29.3 Å². The van der Waals surface area contributed by atoms with Gasteiger partial charge in [0.1, 0.15) is 5.76 Å². The molecule has 0 aromatic carbocycles. The minimum absolute atomic E-state index is 0.0295. The molecule has 0 radical (unpaired) electrons. The van der Waals surface area contributed by atoms with E-state index in [0.717, 1.165) is 37.0 Å². The number of hydrogen-bond acceptors (Lipinski definition) is 7. The summed E-state index contributed by atoms with van der Waals surface area (Å²) >= 11 is 0. The maximum Gasteiger partial charge on any atom is 0.276 e. The quantitative estimate of drug-likeness (QED) is 0.831. The molecule has 4 rings (SSSR count). The number of piperazine rings is 1. The minimum Gasteiger partial charge on any atom is -0.481 e. The third kappa shape index (κ3) is 3.04. The average Bonchev–Trinajstić information content (AvgIpc) is 3.12. The number of hydrogen-bond donors (Lipinski definition) is 0. The molecule has 1 saturated heterocycles. The molecule has 1 aliphatic heterocycles. The normalized spacial score (nSPS) is 17.3. The summed E-state index contributed by atoms with van der Waals surface area (Å²) in [4.78, 5) is 25.4. The maximum absolute atomic E-state index is 12.8. The number of carbonyl (C=O) groups is 1. The third-order valence-electron chi connectivity index (χ3n) is 4.83. The van der Waals surface area contributed by atoms with Gasteiger partial charge in [-0.25, -0.2) is 4.98 Å². The van der Waals surface area contributed by atoms with Gasteiger partial charge >= 0.3 is 0 Å². The second-order valence-electron chi connectivity index (χ2n) is 6.32. The van der Waals surface area contributed by atoms with Crippen LogP contribution in [0.15, 0.2) is 16.8 Å². The lowest BCUT2D eigenvalue weighted by Crippen LogP contribution is -2.49. The van der Waals surface area contributed by atoms with Crippen LogP contribution in [0.5, 0.6) is 5.88 Å². The number of anilines is 1. The minimum atomic E-state index is -0.0295. The highest BCUT2D eigenvalue weighted by Crippen LogP contribution is 2.25. The van der Waals surface area contributed by atoms with Crippen LogP contribution in [0.4, 0.5) is 5.95 Å². The first-order valence-electron chi connectivity index (χ1n) is 8.65. The van der Waals surface area contributed by atoms with Crippen LogP contribution in [0, 0.1) is 0 Å². The Morgan fingerprint density at radius 2 is 2.00 bits per heavy atom. The Bertz CT molecular complexity index is 767. The summed E-state index contributed by atoms with van der Waals surface area (Å²) in [7, 11) is 1.58. The summed E-state index contributed by atoms with van der Waals surface area (Å²) in [6.45, 7) is 2.58. The van der Waals surface area contributed by atoms with E-state index in [1.54, 1.807) is 19.4 Å². The Morgan fingerprint density at radius 3 is 2.80 bits per heavy atom. The van der Waals surface area contributed by atoms with E-state index < -0.39 is 0 Å². The van der Waals surface area contributed by atoms with Crippen molar-refractivity contribution in [2.24, 2.45) is 0 Å². The van der Waals surface area contributed by atoms with Crippen LogP contribution >= 0.6 is 0 Å². The van der Waals surface area contributed by atoms with Gasteiger partial charge in [0.15, 0.2) is 5.69 Å². The Morgan fingerprint density at radius 1 is 1.20 bits per heavy atom. The second-order valence-corrected chi connectivity index (χ2v) is 6.32. The van der Waals surface area contributed by atoms with E-state index in [1.165, 1.54) is 0 Å². The number of carbonyl (C=O) groups excluding carboxylic acids is 1. The Balaban J connectivity index is 1.43. The number of amides is 1. The van der Waals surface area contributed by atoms with E-state index in [9.17, 15) is 4.79 Å². The summed E-state index contributed by atoms with van der Waals surface area (Å²) in [6.07, 6.45) is 5.65. The van der Waals surface area contributed by atoms with Crippen molar-refractivity contribution in [3.8, 4) is 5.88 Å². The summed E-state index contributed by atoms with van der Waals surface area (Å²) in [5.74, 6) is 2.03. The number of nitrogens with zero attached hydrogens (tertiary/aromatic N) is 5. The maximum atomic E-state index is 12.8. The molecule has 25 heavy (non-hydrogen) atoms. The highest BCUT2D eigenvalue weighted by Gasteiger charge is 2.29. The number of aryl methyl sites for hydroxylation is 1. The molecule has 0 N–H and O–H groups in total. The van der Waals surface area contributed by atoms with Crippen LogP contribution in [-0.2, 0) is 12.8 Å². The smallest absolute Gasteiger partial charge is 0.276 e. The van der Waals surface area contributed by atoms with Crippen molar-refractivity contribution in [2.75, 3.05) is 38.2 Å². The van der Waals surface area contributed by atoms with Crippen LogP contribution in [0.2, 0.25) is 0 Å². The molecule has 1 aliphatic carbocycles. The van der Waals surface area contributed by atoms with E-state index in [-0.39, 0.29) is 5.91 Å². The summed E-state index contributed by atoms with van der Waals surface area (Å²) in [5, 5.41) is 4.05. The molecule has 0 saturated carbocycles. The van der Waals surface area contributed by atoms with Crippen molar-refractivity contribution in [1.82, 2.24) is 20.0 Å². The number of methoxy groups -OCH3 is 1. The fraction of sp³-hybridized carbons (Fsp3) is 0.529. The van der Waals surface area contributed by atoms with E-state index >= 15 is 0 Å². The molecule has 2 aromatic rings. The van der Waals surface area contributed by atoms with E-state index in [2.05, 4.69) is 20.0 Å². The first-order chi connectivity index (χ1) is 12.3. The molecule has 0 bridgehead atoms. The van der Waals surface area contributed by atoms with Crippen LogP contribution in [0.1, 0.15) is 34.7 Å². The first-order valence-corrected chi connectivity index (χ1v) is 8.65. The molecule has 8 nitrogen and oxygen atoms in total. The molecule has 1 amide bonds. The van der Waals surface area contributed by atoms with Crippen LogP contribution in [0.3, 0.4) is 0 Å². The zero-order valence-electron chi connectivity index (χ0n) is 14.3. The lowest BCUT2D eigenvalue weighted by Gasteiger charge is -2.34. The Hall–Kier alpha value is -2.64. The van der Waals surface area contributed by atoms with Gasteiger partial charge in [-0.15, -0.1) is 0 Å². The largest absolute Gasteiger partial charge is 0.481 e. The van der Waals surface area contributed by atoms with E-state index in [4.69, 9.17) is 9.26 Å². The van der Waals surface area contributed by atoms with Gasteiger partial charge in [0.05, 0.1) is 7.11 Å². The summed E-state index contributed by atoms with van der Waals surface area (Å²) in [6, 6.07) is 1.72. The predicted octanol–water partition coefficient (Wildman–Crippen LogP) is 1.31. The molecule has 3 heterocycles. The van der Waals surface area contributed by atoms with Gasteiger partial charge in [-0.05, 0) is 19.3 Å². The monoisotopic (exact) mass is 343 g/mol. The first kappa shape index (κ1) is 15.9. The van der Waals surface area contributed by atoms with Gasteiger partial charge in [-0.3, -0.25) is 4.79 Å². The van der Waals surface area contributed by atoms with Crippen LogP contribution in [-0.4, -0.2) is 59.2 Å². The van der Waals surface area contributed by atoms with Crippen molar-refractivity contribution >= 4 is 11.9 Å². The highest BCUT2D eigenvalue weighted by molar-refractivity contribution is 5.94. The highest BCUT2D eigenvalue weighted by atomic mass is 16.5. The fourth-order valence-electron chi connectivity index (χ4n) is 3.41. The van der Waals surface area contributed by atoms with Gasteiger partial charge in [-0.1, -0.05) is 5.16 Å². The summed E-state index contributed by atoms with van der Waals surface area (Å²) in [5.41, 5.74) is 1.51. The fourth-order valence-corrected chi connectivity index (χ4v) is 3.41. The number of rotatable bonds is 3. The summed E-state index contributed by atoms with van der Waals surface area (Å²) < 4.78 is 10.5. The number of fused-ring (bicyclic) bond motifs is 1. The molecule has 132 valence electrons. The number of ether oxygens (including phenoxy) is 1. The second kappa shape index (κ2) is 6.70. The van der Waals surface area contributed by atoms with Crippen molar-refractivity contribution in [1.29, 1.82) is 0 Å². The zero-order chi connectivity index (χ0) is 17.2. The molecule has 0 unspecified atom stereocenters. The van der Waals surface area contributed by atoms with Crippen LogP contribution in [0.25, 0.3) is 0 Å². The topological polar surface area (TPSA) is 84.6 Å². The van der Waals surface area contributed by atoms with Crippen molar-refractivity contribution in [3.63, 3.8) is 0 Å². The molecular weight excluding hydrogens is 322 g/mol. The molecule has 8 heteroatoms. The molecule has 0 spiro atoms. The molecular formula is C17H21N5O3. The molecule has 1 fully saturated rings.